The maximum Gasteiger partial charge on any atom is 0.309 e. The quantitative estimate of drug-likeness (QED) is 0.612. The first-order valence-corrected chi connectivity index (χ1v) is 6.41. The number of carbonyl (C=O) groups excluding carboxylic acids is 1. The predicted molar refractivity (Wildman–Crippen MR) is 68.4 cm³/mol. The van der Waals surface area contributed by atoms with E-state index in [4.69, 9.17) is 14.2 Å². The molecule has 0 bridgehead atoms. The molecule has 1 aromatic carbocycles. The first kappa shape index (κ1) is 12.4. The fourth-order valence-corrected chi connectivity index (χ4v) is 2.57. The van der Waals surface area contributed by atoms with Gasteiger partial charge < -0.3 is 14.2 Å². The Hall–Kier alpha value is -1.65. The second-order valence-electron chi connectivity index (χ2n) is 4.79. The number of rotatable bonds is 4. The topological polar surface area (TPSA) is 44.8 Å². The van der Waals surface area contributed by atoms with Gasteiger partial charge in [0.25, 0.3) is 0 Å². The highest BCUT2D eigenvalue weighted by atomic mass is 16.6. The number of hydrogen-bond donors (Lipinski definition) is 0. The van der Waals surface area contributed by atoms with Crippen molar-refractivity contribution in [2.75, 3.05) is 0 Å². The highest BCUT2D eigenvalue weighted by Crippen LogP contribution is 2.34. The fraction of sp³-hybridized carbons (Fsp3) is 0.400. The molecule has 4 heteroatoms. The minimum absolute atomic E-state index is 0.198. The number of hydrogen-bond acceptors (Lipinski definition) is 4. The number of carbonyl (C=O) groups is 1. The van der Waals surface area contributed by atoms with Crippen molar-refractivity contribution in [3.05, 3.63) is 48.6 Å². The van der Waals surface area contributed by atoms with E-state index in [0.29, 0.717) is 13.0 Å². The smallest absolute Gasteiger partial charge is 0.309 e. The third-order valence-corrected chi connectivity index (χ3v) is 3.50. The van der Waals surface area contributed by atoms with Crippen molar-refractivity contribution in [3.63, 3.8) is 0 Å². The first-order chi connectivity index (χ1) is 9.28. The summed E-state index contributed by atoms with van der Waals surface area (Å²) < 4.78 is 16.9. The van der Waals surface area contributed by atoms with Gasteiger partial charge in [0.2, 0.25) is 0 Å². The van der Waals surface area contributed by atoms with Crippen LogP contribution in [0.4, 0.5) is 0 Å². The summed E-state index contributed by atoms with van der Waals surface area (Å²) in [7, 11) is 0. The molecule has 0 radical (unpaired) electrons. The monoisotopic (exact) mass is 260 g/mol. The molecule has 3 rings (SSSR count). The summed E-state index contributed by atoms with van der Waals surface area (Å²) >= 11 is 0. The van der Waals surface area contributed by atoms with Crippen LogP contribution in [0, 0.1) is 0 Å². The van der Waals surface area contributed by atoms with Gasteiger partial charge >= 0.3 is 5.97 Å². The lowest BCUT2D eigenvalue weighted by Gasteiger charge is -2.20. The molecular weight excluding hydrogens is 244 g/mol. The highest BCUT2D eigenvalue weighted by Gasteiger charge is 2.51. The predicted octanol–water partition coefficient (Wildman–Crippen LogP) is 1.84. The molecule has 0 saturated carbocycles. The van der Waals surface area contributed by atoms with Crippen molar-refractivity contribution in [1.29, 1.82) is 0 Å². The van der Waals surface area contributed by atoms with Crippen molar-refractivity contribution in [1.82, 2.24) is 0 Å². The van der Waals surface area contributed by atoms with Crippen molar-refractivity contribution in [3.8, 4) is 0 Å². The van der Waals surface area contributed by atoms with Gasteiger partial charge in [-0.25, -0.2) is 0 Å². The summed E-state index contributed by atoms with van der Waals surface area (Å²) in [6, 6.07) is 9.89. The molecule has 100 valence electrons. The lowest BCUT2D eigenvalue weighted by Crippen LogP contribution is -2.34. The van der Waals surface area contributed by atoms with Crippen molar-refractivity contribution >= 4 is 5.97 Å². The fourth-order valence-electron chi connectivity index (χ4n) is 2.57. The molecule has 19 heavy (non-hydrogen) atoms. The Morgan fingerprint density at radius 3 is 2.89 bits per heavy atom. The molecule has 2 aliphatic heterocycles. The summed E-state index contributed by atoms with van der Waals surface area (Å²) in [5.41, 5.74) is 1.08. The van der Waals surface area contributed by atoms with Gasteiger partial charge in [-0.1, -0.05) is 36.4 Å². The Balaban J connectivity index is 1.67. The highest BCUT2D eigenvalue weighted by molar-refractivity contribution is 5.73. The Morgan fingerprint density at radius 1 is 1.37 bits per heavy atom. The second-order valence-corrected chi connectivity index (χ2v) is 4.79. The van der Waals surface area contributed by atoms with E-state index in [1.165, 1.54) is 0 Å². The number of benzene rings is 1. The number of esters is 1. The molecule has 2 aliphatic rings. The largest absolute Gasteiger partial charge is 0.457 e. The van der Waals surface area contributed by atoms with E-state index in [2.05, 4.69) is 6.58 Å². The average molecular weight is 260 g/mol. The molecule has 0 aromatic heterocycles. The van der Waals surface area contributed by atoms with Crippen LogP contribution in [-0.4, -0.2) is 30.4 Å². The standard InChI is InChI=1S/C15H16O4/c1-2-11-14(15-12(18-11)8-13(16)19-15)17-9-10-6-4-3-5-7-10/h2-7,11-12,14-15H,1,8-9H2/t11-,12-,14-,15+/m1/s1. The van der Waals surface area contributed by atoms with Gasteiger partial charge in [-0.3, -0.25) is 4.79 Å². The van der Waals surface area contributed by atoms with Crippen LogP contribution in [0.3, 0.4) is 0 Å². The molecule has 0 N–H and O–H groups in total. The first-order valence-electron chi connectivity index (χ1n) is 6.41. The lowest BCUT2D eigenvalue weighted by atomic mass is 10.1. The molecule has 0 unspecified atom stereocenters. The van der Waals surface area contributed by atoms with Crippen molar-refractivity contribution in [2.24, 2.45) is 0 Å². The molecular formula is C15H16O4. The molecule has 4 atom stereocenters. The van der Waals surface area contributed by atoms with E-state index in [-0.39, 0.29) is 30.4 Å². The van der Waals surface area contributed by atoms with Crippen LogP contribution in [0.2, 0.25) is 0 Å². The second kappa shape index (κ2) is 5.15. The maximum absolute atomic E-state index is 11.3. The van der Waals surface area contributed by atoms with Crippen LogP contribution in [0.5, 0.6) is 0 Å². The summed E-state index contributed by atoms with van der Waals surface area (Å²) in [6.07, 6.45) is 1.03. The Morgan fingerprint density at radius 2 is 2.16 bits per heavy atom. The summed E-state index contributed by atoms with van der Waals surface area (Å²) in [5, 5.41) is 0. The molecule has 2 saturated heterocycles. The molecule has 0 aliphatic carbocycles. The minimum Gasteiger partial charge on any atom is -0.457 e. The Bertz CT molecular complexity index is 470. The van der Waals surface area contributed by atoms with Gasteiger partial charge in [0.1, 0.15) is 18.3 Å². The van der Waals surface area contributed by atoms with E-state index in [0.717, 1.165) is 5.56 Å². The SMILES string of the molecule is C=C[C@H]1O[C@@H]2CC(=O)O[C@@H]2[C@@H]1OCc1ccccc1. The normalized spacial score (nSPS) is 32.9. The lowest BCUT2D eigenvalue weighted by molar-refractivity contribution is -0.147. The molecule has 0 amide bonds. The van der Waals surface area contributed by atoms with E-state index in [1.807, 2.05) is 30.3 Å². The summed E-state index contributed by atoms with van der Waals surface area (Å²) in [6.45, 7) is 4.22. The van der Waals surface area contributed by atoms with Crippen molar-refractivity contribution in [2.45, 2.75) is 37.4 Å². The maximum atomic E-state index is 11.3. The zero-order valence-electron chi connectivity index (χ0n) is 10.5. The molecule has 1 aromatic rings. The van der Waals surface area contributed by atoms with Crippen LogP contribution in [0.15, 0.2) is 43.0 Å². The Labute approximate surface area is 112 Å². The zero-order chi connectivity index (χ0) is 13.2. The van der Waals surface area contributed by atoms with Gasteiger partial charge in [0.15, 0.2) is 6.10 Å². The average Bonchev–Trinajstić information content (AvgIpc) is 2.93. The minimum atomic E-state index is -0.306. The number of fused-ring (bicyclic) bond motifs is 1. The molecule has 2 fully saturated rings. The van der Waals surface area contributed by atoms with Gasteiger partial charge in [0, 0.05) is 0 Å². The van der Waals surface area contributed by atoms with Gasteiger partial charge in [-0.2, -0.15) is 0 Å². The third-order valence-electron chi connectivity index (χ3n) is 3.50. The van der Waals surface area contributed by atoms with Gasteiger partial charge in [-0.15, -0.1) is 6.58 Å². The number of ether oxygens (including phenoxy) is 3. The molecule has 0 spiro atoms. The van der Waals surface area contributed by atoms with Crippen LogP contribution < -0.4 is 0 Å². The third kappa shape index (κ3) is 2.41. The zero-order valence-corrected chi connectivity index (χ0v) is 10.5. The van der Waals surface area contributed by atoms with Crippen LogP contribution >= 0.6 is 0 Å². The van der Waals surface area contributed by atoms with E-state index >= 15 is 0 Å². The summed E-state index contributed by atoms with van der Waals surface area (Å²) in [4.78, 5) is 11.3. The van der Waals surface area contributed by atoms with Crippen LogP contribution in [-0.2, 0) is 25.6 Å². The van der Waals surface area contributed by atoms with Gasteiger partial charge in [0.05, 0.1) is 13.0 Å². The molecule has 4 nitrogen and oxygen atoms in total. The van der Waals surface area contributed by atoms with E-state index in [9.17, 15) is 4.79 Å². The van der Waals surface area contributed by atoms with E-state index < -0.39 is 0 Å². The van der Waals surface area contributed by atoms with Crippen LogP contribution in [0.1, 0.15) is 12.0 Å². The molecule has 2 heterocycles. The van der Waals surface area contributed by atoms with E-state index in [1.54, 1.807) is 6.08 Å². The Kier molecular flexibility index (Phi) is 3.36. The van der Waals surface area contributed by atoms with Gasteiger partial charge in [-0.05, 0) is 5.56 Å². The van der Waals surface area contributed by atoms with Crippen LogP contribution in [0.25, 0.3) is 0 Å². The van der Waals surface area contributed by atoms with Crippen molar-refractivity contribution < 1.29 is 19.0 Å². The summed E-state index contributed by atoms with van der Waals surface area (Å²) in [5.74, 6) is -0.217.